The van der Waals surface area contributed by atoms with Crippen LogP contribution in [0.15, 0.2) is 24.4 Å². The summed E-state index contributed by atoms with van der Waals surface area (Å²) in [7, 11) is 0. The Kier molecular flexibility index (Phi) is 5.03. The molecule has 1 atom stereocenters. The lowest BCUT2D eigenvalue weighted by molar-refractivity contribution is 0.122. The van der Waals surface area contributed by atoms with E-state index in [9.17, 15) is 5.26 Å². The van der Waals surface area contributed by atoms with Crippen molar-refractivity contribution in [2.45, 2.75) is 19.4 Å². The second-order valence-electron chi connectivity index (χ2n) is 6.85. The smallest absolute Gasteiger partial charge is 0.227 e. The summed E-state index contributed by atoms with van der Waals surface area (Å²) in [6, 6.07) is 8.13. The van der Waals surface area contributed by atoms with Gasteiger partial charge in [0, 0.05) is 44.1 Å². The van der Waals surface area contributed by atoms with Crippen molar-refractivity contribution in [2.24, 2.45) is 0 Å². The van der Waals surface area contributed by atoms with Crippen LogP contribution in [0, 0.1) is 18.3 Å². The highest BCUT2D eigenvalue weighted by Crippen LogP contribution is 2.24. The normalized spacial score (nSPS) is 19.8. The number of hydrogen-bond donors (Lipinski definition) is 1. The number of anilines is 3. The van der Waals surface area contributed by atoms with Gasteiger partial charge in [-0.3, -0.25) is 0 Å². The van der Waals surface area contributed by atoms with E-state index in [2.05, 4.69) is 36.1 Å². The van der Waals surface area contributed by atoms with E-state index in [-0.39, 0.29) is 6.04 Å². The van der Waals surface area contributed by atoms with Gasteiger partial charge in [-0.15, -0.1) is 0 Å². The number of ether oxygens (including phenoxy) is 1. The number of pyridine rings is 1. The third kappa shape index (κ3) is 3.93. The van der Waals surface area contributed by atoms with Gasteiger partial charge < -0.3 is 19.9 Å². The number of aryl methyl sites for hydroxylation is 1. The molecule has 2 aromatic rings. The van der Waals surface area contributed by atoms with Crippen LogP contribution in [0.25, 0.3) is 0 Å². The number of nitriles is 1. The van der Waals surface area contributed by atoms with E-state index in [0.717, 1.165) is 55.9 Å². The summed E-state index contributed by atoms with van der Waals surface area (Å²) in [6.45, 7) is 6.66. The van der Waals surface area contributed by atoms with Crippen LogP contribution < -0.4 is 15.1 Å². The van der Waals surface area contributed by atoms with Crippen molar-refractivity contribution < 1.29 is 4.74 Å². The first-order valence-electron chi connectivity index (χ1n) is 9.28. The van der Waals surface area contributed by atoms with Gasteiger partial charge in [-0.1, -0.05) is 0 Å². The van der Waals surface area contributed by atoms with Crippen LogP contribution in [-0.2, 0) is 4.74 Å². The summed E-state index contributed by atoms with van der Waals surface area (Å²) in [5.74, 6) is 2.35. The zero-order valence-electron chi connectivity index (χ0n) is 15.4. The second-order valence-corrected chi connectivity index (χ2v) is 6.85. The van der Waals surface area contributed by atoms with Crippen LogP contribution in [0.3, 0.4) is 0 Å². The summed E-state index contributed by atoms with van der Waals surface area (Å²) in [5.41, 5.74) is 1.55. The summed E-state index contributed by atoms with van der Waals surface area (Å²) >= 11 is 0. The molecular weight excluding hydrogens is 342 g/mol. The van der Waals surface area contributed by atoms with Gasteiger partial charge in [-0.2, -0.15) is 10.2 Å². The summed E-state index contributed by atoms with van der Waals surface area (Å²) in [5, 5.41) is 12.9. The van der Waals surface area contributed by atoms with Gasteiger partial charge in [0.25, 0.3) is 0 Å². The molecule has 0 radical (unpaired) electrons. The zero-order valence-corrected chi connectivity index (χ0v) is 15.4. The molecule has 2 aliphatic heterocycles. The van der Waals surface area contributed by atoms with Crippen LogP contribution in [0.1, 0.15) is 17.7 Å². The molecule has 1 N–H and O–H groups in total. The van der Waals surface area contributed by atoms with Crippen LogP contribution in [-0.4, -0.2) is 60.4 Å². The Balaban J connectivity index is 1.43. The highest BCUT2D eigenvalue weighted by atomic mass is 16.5. The molecule has 140 valence electrons. The molecule has 27 heavy (non-hydrogen) atoms. The third-order valence-corrected chi connectivity index (χ3v) is 4.91. The maximum atomic E-state index is 9.36. The first kappa shape index (κ1) is 17.5. The van der Waals surface area contributed by atoms with E-state index >= 15 is 0 Å². The van der Waals surface area contributed by atoms with Crippen LogP contribution in [0.2, 0.25) is 0 Å². The van der Waals surface area contributed by atoms with Crippen molar-refractivity contribution in [3.05, 3.63) is 35.7 Å². The summed E-state index contributed by atoms with van der Waals surface area (Å²) < 4.78 is 5.39. The fourth-order valence-corrected chi connectivity index (χ4v) is 3.50. The highest BCUT2D eigenvalue weighted by Gasteiger charge is 2.26. The number of morpholine rings is 1. The molecule has 2 aliphatic rings. The fraction of sp³-hybridized carbons (Fsp3) is 0.474. The molecule has 4 rings (SSSR count). The maximum Gasteiger partial charge on any atom is 0.227 e. The minimum atomic E-state index is 0.256. The first-order valence-corrected chi connectivity index (χ1v) is 9.28. The van der Waals surface area contributed by atoms with Gasteiger partial charge in [-0.25, -0.2) is 9.97 Å². The Bertz CT molecular complexity index is 844. The van der Waals surface area contributed by atoms with Crippen molar-refractivity contribution in [3.63, 3.8) is 0 Å². The van der Waals surface area contributed by atoms with E-state index in [1.807, 2.05) is 25.1 Å². The van der Waals surface area contributed by atoms with Gasteiger partial charge in [0.2, 0.25) is 5.95 Å². The topological polar surface area (TPSA) is 90.2 Å². The van der Waals surface area contributed by atoms with Crippen molar-refractivity contribution >= 4 is 17.6 Å². The van der Waals surface area contributed by atoms with Crippen LogP contribution >= 0.6 is 0 Å². The fourth-order valence-electron chi connectivity index (χ4n) is 3.50. The zero-order chi connectivity index (χ0) is 18.6. The predicted molar refractivity (Wildman–Crippen MR) is 103 cm³/mol. The number of nitrogens with one attached hydrogen (secondary N) is 1. The lowest BCUT2D eigenvalue weighted by Crippen LogP contribution is -2.37. The Morgan fingerprint density at radius 2 is 2.00 bits per heavy atom. The Labute approximate surface area is 158 Å². The van der Waals surface area contributed by atoms with Gasteiger partial charge in [0.1, 0.15) is 17.7 Å². The van der Waals surface area contributed by atoms with Crippen molar-refractivity contribution in [3.8, 4) is 6.07 Å². The summed E-state index contributed by atoms with van der Waals surface area (Å²) in [6.07, 6.45) is 2.76. The van der Waals surface area contributed by atoms with Gasteiger partial charge >= 0.3 is 0 Å². The number of hydrogen-bond acceptors (Lipinski definition) is 8. The Hall–Kier alpha value is -2.92. The molecule has 4 heterocycles. The van der Waals surface area contributed by atoms with E-state index in [4.69, 9.17) is 4.74 Å². The third-order valence-electron chi connectivity index (χ3n) is 4.91. The monoisotopic (exact) mass is 365 g/mol. The van der Waals surface area contributed by atoms with E-state index in [1.54, 1.807) is 6.20 Å². The molecule has 0 aliphatic carbocycles. The lowest BCUT2D eigenvalue weighted by atomic mass is 10.2. The Morgan fingerprint density at radius 1 is 1.15 bits per heavy atom. The standard InChI is InChI=1S/C19H23N7O/c1-14-2-3-15(12-20)18(22-14)26-7-5-16(13-26)23-17-4-6-21-19(24-17)25-8-10-27-11-9-25/h2-4,6,16H,5,7-11,13H2,1H3,(H,21,23,24). The molecule has 2 aromatic heterocycles. The molecule has 8 heteroatoms. The van der Waals surface area contributed by atoms with Gasteiger partial charge in [0.05, 0.1) is 18.8 Å². The van der Waals surface area contributed by atoms with Gasteiger partial charge in [0.15, 0.2) is 0 Å². The molecule has 0 amide bonds. The lowest BCUT2D eigenvalue weighted by Gasteiger charge is -2.27. The maximum absolute atomic E-state index is 9.36. The SMILES string of the molecule is Cc1ccc(C#N)c(N2CCC(Nc3ccnc(N4CCOCC4)n3)C2)n1. The van der Waals surface area contributed by atoms with Crippen LogP contribution in [0.4, 0.5) is 17.6 Å². The number of rotatable bonds is 4. The van der Waals surface area contributed by atoms with Crippen molar-refractivity contribution in [2.75, 3.05) is 54.5 Å². The molecule has 2 fully saturated rings. The quantitative estimate of drug-likeness (QED) is 0.873. The van der Waals surface area contributed by atoms with Crippen LogP contribution in [0.5, 0.6) is 0 Å². The Morgan fingerprint density at radius 3 is 2.81 bits per heavy atom. The molecule has 0 bridgehead atoms. The van der Waals surface area contributed by atoms with E-state index in [0.29, 0.717) is 18.8 Å². The van der Waals surface area contributed by atoms with Gasteiger partial charge in [-0.05, 0) is 31.5 Å². The van der Waals surface area contributed by atoms with Crippen molar-refractivity contribution in [1.29, 1.82) is 5.26 Å². The average molecular weight is 365 g/mol. The summed E-state index contributed by atoms with van der Waals surface area (Å²) in [4.78, 5) is 18.0. The van der Waals surface area contributed by atoms with E-state index in [1.165, 1.54) is 0 Å². The number of aromatic nitrogens is 3. The molecule has 8 nitrogen and oxygen atoms in total. The molecule has 1 unspecified atom stereocenters. The highest BCUT2D eigenvalue weighted by molar-refractivity contribution is 5.55. The minimum absolute atomic E-state index is 0.256. The largest absolute Gasteiger partial charge is 0.378 e. The average Bonchev–Trinajstić information content (AvgIpc) is 3.17. The molecule has 2 saturated heterocycles. The molecule has 0 spiro atoms. The minimum Gasteiger partial charge on any atom is -0.378 e. The first-order chi connectivity index (χ1) is 13.2. The molecule has 0 saturated carbocycles. The second kappa shape index (κ2) is 7.76. The predicted octanol–water partition coefficient (Wildman–Crippen LogP) is 1.58. The molecule has 0 aromatic carbocycles. The van der Waals surface area contributed by atoms with Crippen molar-refractivity contribution in [1.82, 2.24) is 15.0 Å². The molecular formula is C19H23N7O. The number of nitrogens with zero attached hydrogens (tertiary/aromatic N) is 6. The van der Waals surface area contributed by atoms with E-state index < -0.39 is 0 Å².